The van der Waals surface area contributed by atoms with Crippen molar-refractivity contribution in [2.75, 3.05) is 19.6 Å². The maximum Gasteiger partial charge on any atom is 0.317 e. The van der Waals surface area contributed by atoms with Crippen LogP contribution in [0.1, 0.15) is 101 Å². The Balaban J connectivity index is 1.17. The number of aliphatic carboxylic acids is 1. The predicted octanol–water partition coefficient (Wildman–Crippen LogP) is 5.83. The molecule has 5 aliphatic rings. The molecule has 4 bridgehead atoms. The van der Waals surface area contributed by atoms with Crippen molar-refractivity contribution in [2.24, 2.45) is 11.8 Å². The van der Waals surface area contributed by atoms with E-state index in [1.54, 1.807) is 0 Å². The average Bonchev–Trinajstić information content (AvgIpc) is 3.45. The summed E-state index contributed by atoms with van der Waals surface area (Å²) >= 11 is 0. The van der Waals surface area contributed by atoms with Gasteiger partial charge in [0.15, 0.2) is 0 Å². The number of aromatic nitrogens is 2. The summed E-state index contributed by atoms with van der Waals surface area (Å²) in [6.07, 6.45) is 17.9. The maximum absolute atomic E-state index is 11.3. The largest absolute Gasteiger partial charge is 0.480 e. The summed E-state index contributed by atoms with van der Waals surface area (Å²) in [7, 11) is 0. The minimum atomic E-state index is -0.725. The highest BCUT2D eigenvalue weighted by Crippen LogP contribution is 2.48. The molecule has 1 N–H and O–H groups in total. The van der Waals surface area contributed by atoms with Gasteiger partial charge < -0.3 is 9.67 Å². The van der Waals surface area contributed by atoms with Crippen LogP contribution in [0.3, 0.4) is 0 Å². The molecular weight excluding hydrogens is 460 g/mol. The molecule has 0 unspecified atom stereocenters. The zero-order chi connectivity index (χ0) is 24.9. The number of imidazole rings is 1. The first kappa shape index (κ1) is 24.1. The van der Waals surface area contributed by atoms with E-state index >= 15 is 0 Å². The fraction of sp³-hybridized carbons (Fsp3) is 0.742. The summed E-state index contributed by atoms with van der Waals surface area (Å²) in [5.41, 5.74) is 2.40. The number of fused-ring (bicyclic) bond motifs is 5. The van der Waals surface area contributed by atoms with Crippen LogP contribution >= 0.6 is 0 Å². The second-order valence-electron chi connectivity index (χ2n) is 13.1. The van der Waals surface area contributed by atoms with E-state index in [9.17, 15) is 9.90 Å². The molecule has 37 heavy (non-hydrogen) atoms. The van der Waals surface area contributed by atoms with Gasteiger partial charge in [0, 0.05) is 36.6 Å². The number of carbonyl (C=O) groups is 1. The van der Waals surface area contributed by atoms with Crippen molar-refractivity contribution in [3.8, 4) is 0 Å². The highest BCUT2D eigenvalue weighted by molar-refractivity contribution is 5.76. The number of hydrogen-bond acceptors (Lipinski definition) is 4. The van der Waals surface area contributed by atoms with Crippen LogP contribution in [0.5, 0.6) is 0 Å². The Kier molecular flexibility index (Phi) is 6.52. The van der Waals surface area contributed by atoms with Gasteiger partial charge >= 0.3 is 5.97 Å². The summed E-state index contributed by atoms with van der Waals surface area (Å²) in [6.45, 7) is 1.81. The van der Waals surface area contributed by atoms with Crippen molar-refractivity contribution in [3.63, 3.8) is 0 Å². The van der Waals surface area contributed by atoms with Gasteiger partial charge in [-0.15, -0.1) is 0 Å². The lowest BCUT2D eigenvalue weighted by molar-refractivity contribution is -0.138. The Morgan fingerprint density at radius 2 is 1.57 bits per heavy atom. The van der Waals surface area contributed by atoms with Crippen molar-refractivity contribution in [3.05, 3.63) is 30.1 Å². The van der Waals surface area contributed by atoms with Gasteiger partial charge in [-0.25, -0.2) is 4.98 Å². The zero-order valence-electron chi connectivity index (χ0n) is 22.3. The van der Waals surface area contributed by atoms with Crippen molar-refractivity contribution >= 4 is 17.0 Å². The Hall–Kier alpha value is -1.92. The summed E-state index contributed by atoms with van der Waals surface area (Å²) in [6, 6.07) is 11.4. The van der Waals surface area contributed by atoms with Crippen molar-refractivity contribution < 1.29 is 9.90 Å². The van der Waals surface area contributed by atoms with Crippen molar-refractivity contribution in [1.29, 1.82) is 0 Å². The SMILES string of the molecule is O=C(O)CN1CC[C@H](c2nc3ccccc3n2[C@H]2C[C@H]3CCC[C@@H](C2)N3[C@@H]2C[C@@H]3CCCC[C@@H](C3)C2)C1. The van der Waals surface area contributed by atoms with E-state index in [0.717, 1.165) is 42.9 Å². The summed E-state index contributed by atoms with van der Waals surface area (Å²) < 4.78 is 2.63. The minimum absolute atomic E-state index is 0.142. The van der Waals surface area contributed by atoms with Gasteiger partial charge in [-0.05, 0) is 81.9 Å². The number of carboxylic acid groups (broad SMARTS) is 1. The van der Waals surface area contributed by atoms with Gasteiger partial charge in [-0.2, -0.15) is 0 Å². The number of likely N-dealkylation sites (tertiary alicyclic amines) is 1. The second kappa shape index (κ2) is 10.00. The molecule has 200 valence electrons. The van der Waals surface area contributed by atoms with Crippen LogP contribution in [0.15, 0.2) is 24.3 Å². The molecule has 1 aromatic heterocycles. The fourth-order valence-electron chi connectivity index (χ4n) is 9.42. The molecule has 7 atom stereocenters. The Morgan fingerprint density at radius 1 is 0.838 bits per heavy atom. The zero-order valence-corrected chi connectivity index (χ0v) is 22.3. The first-order valence-electron chi connectivity index (χ1n) is 15.3. The van der Waals surface area contributed by atoms with Gasteiger partial charge in [0.2, 0.25) is 0 Å². The first-order valence-corrected chi connectivity index (χ1v) is 15.3. The Bertz CT molecular complexity index is 1100. The number of nitrogens with zero attached hydrogens (tertiary/aromatic N) is 4. The highest BCUT2D eigenvalue weighted by Gasteiger charge is 2.45. The molecule has 3 aliphatic heterocycles. The van der Waals surface area contributed by atoms with Crippen LogP contribution in [0.25, 0.3) is 11.0 Å². The molecule has 0 spiro atoms. The molecule has 0 radical (unpaired) electrons. The van der Waals surface area contributed by atoms with E-state index in [4.69, 9.17) is 4.98 Å². The maximum atomic E-state index is 11.3. The van der Waals surface area contributed by atoms with Gasteiger partial charge in [0.1, 0.15) is 5.82 Å². The summed E-state index contributed by atoms with van der Waals surface area (Å²) in [5.74, 6) is 2.77. The Morgan fingerprint density at radius 3 is 2.30 bits per heavy atom. The van der Waals surface area contributed by atoms with Gasteiger partial charge in [-0.1, -0.05) is 44.2 Å². The van der Waals surface area contributed by atoms with Gasteiger partial charge in [0.25, 0.3) is 0 Å². The molecule has 7 rings (SSSR count). The predicted molar refractivity (Wildman–Crippen MR) is 146 cm³/mol. The van der Waals surface area contributed by atoms with Crippen LogP contribution in [-0.2, 0) is 4.79 Å². The van der Waals surface area contributed by atoms with E-state index in [1.165, 1.54) is 88.4 Å². The van der Waals surface area contributed by atoms with Crippen LogP contribution in [0, 0.1) is 11.8 Å². The van der Waals surface area contributed by atoms with Crippen LogP contribution in [0.2, 0.25) is 0 Å². The molecule has 2 aliphatic carbocycles. The van der Waals surface area contributed by atoms with Gasteiger partial charge in [0.05, 0.1) is 17.6 Å². The molecule has 6 nitrogen and oxygen atoms in total. The lowest BCUT2D eigenvalue weighted by atomic mass is 9.73. The van der Waals surface area contributed by atoms with E-state index < -0.39 is 5.97 Å². The molecule has 4 heterocycles. The lowest BCUT2D eigenvalue weighted by Crippen LogP contribution is -2.58. The number of benzene rings is 1. The molecule has 2 aromatic rings. The molecular formula is C31H44N4O2. The molecule has 1 aromatic carbocycles. The number of carboxylic acids is 1. The number of para-hydroxylation sites is 2. The molecule has 5 fully saturated rings. The monoisotopic (exact) mass is 504 g/mol. The molecule has 0 amide bonds. The van der Waals surface area contributed by atoms with E-state index in [2.05, 4.69) is 38.6 Å². The van der Waals surface area contributed by atoms with Crippen molar-refractivity contribution in [2.45, 2.75) is 114 Å². The molecule has 3 saturated heterocycles. The average molecular weight is 505 g/mol. The topological polar surface area (TPSA) is 61.6 Å². The van der Waals surface area contributed by atoms with Crippen LogP contribution in [0.4, 0.5) is 0 Å². The van der Waals surface area contributed by atoms with E-state index in [0.29, 0.717) is 24.0 Å². The smallest absolute Gasteiger partial charge is 0.317 e. The summed E-state index contributed by atoms with van der Waals surface area (Å²) in [4.78, 5) is 21.7. The standard InChI is InChI=1S/C31H44N4O2/c36-30(37)20-33-13-12-23(19-33)31-32-28-10-3-4-11-29(28)35(31)27-17-24-8-5-9-25(18-27)34(24)26-15-21-6-1-2-7-22(14-21)16-26/h3-4,10-11,21-27H,1-2,5-9,12-20H2,(H,36,37)/t21-,22+,23-,24-,25+,26-,27+/m0/s1. The van der Waals surface area contributed by atoms with Crippen molar-refractivity contribution in [1.82, 2.24) is 19.4 Å². The third-order valence-corrected chi connectivity index (χ3v) is 10.8. The second-order valence-corrected chi connectivity index (χ2v) is 13.1. The number of rotatable bonds is 5. The van der Waals surface area contributed by atoms with Gasteiger partial charge in [-0.3, -0.25) is 14.6 Å². The third-order valence-electron chi connectivity index (χ3n) is 10.8. The highest BCUT2D eigenvalue weighted by atomic mass is 16.4. The summed E-state index contributed by atoms with van der Waals surface area (Å²) in [5, 5.41) is 9.33. The third kappa shape index (κ3) is 4.63. The number of hydrogen-bond donors (Lipinski definition) is 1. The quantitative estimate of drug-likeness (QED) is 0.555. The molecule has 6 heteroatoms. The van der Waals surface area contributed by atoms with Crippen LogP contribution < -0.4 is 0 Å². The number of piperidine rings is 2. The van der Waals surface area contributed by atoms with E-state index in [-0.39, 0.29) is 6.54 Å². The normalized spacial score (nSPS) is 37.0. The molecule has 2 saturated carbocycles. The fourth-order valence-corrected chi connectivity index (χ4v) is 9.42. The minimum Gasteiger partial charge on any atom is -0.480 e. The first-order chi connectivity index (χ1) is 18.1. The van der Waals surface area contributed by atoms with E-state index in [1.807, 2.05) is 0 Å². The Labute approximate surface area is 221 Å². The lowest BCUT2D eigenvalue weighted by Gasteiger charge is -2.54. The van der Waals surface area contributed by atoms with Crippen LogP contribution in [-0.4, -0.2) is 68.2 Å².